The minimum absolute atomic E-state index is 0.0116. The van der Waals surface area contributed by atoms with E-state index in [1.54, 1.807) is 6.92 Å². The summed E-state index contributed by atoms with van der Waals surface area (Å²) in [5.41, 5.74) is -5.55. The molecule has 1 aliphatic carbocycles. The number of pyridine rings is 1. The van der Waals surface area contributed by atoms with Gasteiger partial charge in [-0.25, -0.2) is 0 Å². The Morgan fingerprint density at radius 3 is 2.12 bits per heavy atom. The van der Waals surface area contributed by atoms with Gasteiger partial charge in [0.05, 0.1) is 51.3 Å². The second-order valence-electron chi connectivity index (χ2n) is 10.7. The molecule has 0 spiro atoms. The predicted octanol–water partition coefficient (Wildman–Crippen LogP) is 6.58. The van der Waals surface area contributed by atoms with Crippen LogP contribution in [-0.2, 0) is 11.0 Å². The van der Waals surface area contributed by atoms with E-state index in [1.165, 1.54) is 0 Å². The molecule has 0 aromatic carbocycles. The first-order valence-electron chi connectivity index (χ1n) is 12.3. The van der Waals surface area contributed by atoms with Crippen LogP contribution in [0.2, 0.25) is 10.0 Å². The molecule has 3 atom stereocenters. The van der Waals surface area contributed by atoms with Gasteiger partial charge in [-0.3, -0.25) is 24.0 Å². The number of hydrogen-bond acceptors (Lipinski definition) is 5. The Morgan fingerprint density at radius 2 is 1.63 bits per heavy atom. The smallest absolute Gasteiger partial charge is 0.433 e. The molecular weight excluding hydrogens is 605 g/mol. The number of nitrogens with zero attached hydrogens (tertiary/aromatic N) is 4. The second kappa shape index (κ2) is 11.8. The largest absolute Gasteiger partial charge is 0.481 e. The summed E-state index contributed by atoms with van der Waals surface area (Å²) in [6.07, 6.45) is -7.28. The number of carbonyl (C=O) groups is 3. The Kier molecular flexibility index (Phi) is 9.38. The quantitative estimate of drug-likeness (QED) is 0.261. The molecule has 0 saturated heterocycles. The van der Waals surface area contributed by atoms with Gasteiger partial charge in [0.25, 0.3) is 5.91 Å². The summed E-state index contributed by atoms with van der Waals surface area (Å²) in [4.78, 5) is 42.1. The summed E-state index contributed by atoms with van der Waals surface area (Å²) >= 11 is 12.0. The summed E-state index contributed by atoms with van der Waals surface area (Å²) < 4.78 is 85.0. The Labute approximate surface area is 240 Å². The molecule has 1 fully saturated rings. The van der Waals surface area contributed by atoms with Crippen molar-refractivity contribution in [3.05, 3.63) is 45.5 Å². The summed E-state index contributed by atoms with van der Waals surface area (Å²) in [7, 11) is 0. The number of ketones is 1. The van der Waals surface area contributed by atoms with Gasteiger partial charge in [-0.15, -0.1) is 0 Å². The lowest BCUT2D eigenvalue weighted by atomic mass is 9.78. The van der Waals surface area contributed by atoms with Crippen LogP contribution >= 0.6 is 23.2 Å². The Balaban J connectivity index is 2.06. The fourth-order valence-corrected chi connectivity index (χ4v) is 5.48. The molecule has 2 aromatic rings. The van der Waals surface area contributed by atoms with E-state index in [9.17, 15) is 45.8 Å². The maximum Gasteiger partial charge on any atom is 0.433 e. The lowest BCUT2D eigenvalue weighted by Crippen LogP contribution is -2.48. The van der Waals surface area contributed by atoms with Gasteiger partial charge in [-0.2, -0.15) is 31.4 Å². The van der Waals surface area contributed by atoms with Gasteiger partial charge in [0.2, 0.25) is 0 Å². The maximum absolute atomic E-state index is 14.4. The van der Waals surface area contributed by atoms with Crippen LogP contribution < -0.4 is 0 Å². The highest BCUT2D eigenvalue weighted by Crippen LogP contribution is 2.42. The van der Waals surface area contributed by atoms with Gasteiger partial charge in [-0.1, -0.05) is 30.1 Å². The first kappa shape index (κ1) is 32.6. The number of hydrogen-bond donors (Lipinski definition) is 1. The number of rotatable bonds is 8. The number of halogens is 8. The highest BCUT2D eigenvalue weighted by Gasteiger charge is 2.50. The number of Topliss-reactive ketones (excluding diaryl/α,β-unsaturated/α-hetero) is 1. The lowest BCUT2D eigenvalue weighted by molar-refractivity contribution is -0.214. The topological polar surface area (TPSA) is 105 Å². The maximum atomic E-state index is 14.4. The number of carboxylic acids is 1. The Hall–Kier alpha value is -2.87. The molecule has 2 aromatic heterocycles. The van der Waals surface area contributed by atoms with E-state index in [0.717, 1.165) is 26.2 Å². The van der Waals surface area contributed by atoms with Gasteiger partial charge in [-0.05, 0) is 39.0 Å². The van der Waals surface area contributed by atoms with Crippen molar-refractivity contribution in [2.75, 3.05) is 13.1 Å². The molecule has 2 heterocycles. The van der Waals surface area contributed by atoms with Crippen LogP contribution in [0.3, 0.4) is 0 Å². The van der Waals surface area contributed by atoms with E-state index in [4.69, 9.17) is 23.2 Å². The monoisotopic (exact) mass is 630 g/mol. The van der Waals surface area contributed by atoms with Gasteiger partial charge in [0, 0.05) is 18.9 Å². The number of carbonyl (C=O) groups excluding carboxylic acids is 2. The number of aromatic nitrogens is 3. The van der Waals surface area contributed by atoms with Crippen molar-refractivity contribution < 1.29 is 45.8 Å². The molecule has 41 heavy (non-hydrogen) atoms. The zero-order chi connectivity index (χ0) is 31.1. The van der Waals surface area contributed by atoms with Crippen LogP contribution in [0.15, 0.2) is 18.6 Å². The minimum Gasteiger partial charge on any atom is -0.481 e. The van der Waals surface area contributed by atoms with Gasteiger partial charge in [0.15, 0.2) is 11.5 Å². The van der Waals surface area contributed by atoms with Gasteiger partial charge in [0.1, 0.15) is 0 Å². The van der Waals surface area contributed by atoms with E-state index in [2.05, 4.69) is 10.1 Å². The molecule has 1 saturated carbocycles. The summed E-state index contributed by atoms with van der Waals surface area (Å²) in [5.74, 6) is -4.88. The molecule has 1 amide bonds. The standard InChI is InChI=1S/C25H26Cl2F6N4O4/c1-12-6-13(4-5-14(12)22(40)41)37-20(24(28,29)30)15(7-35-37)21(39)36(11-23(2,3)25(31,32)33)10-18(38)19-16(26)8-34-9-17(19)27/h7-9,12-14H,4-6,10-11H2,1-3H3,(H,40,41)/t12-,13-,14-/m1/s1. The molecule has 0 bridgehead atoms. The third-order valence-corrected chi connectivity index (χ3v) is 7.78. The third-order valence-electron chi connectivity index (χ3n) is 7.21. The van der Waals surface area contributed by atoms with Gasteiger partial charge < -0.3 is 10.0 Å². The average molecular weight is 631 g/mol. The van der Waals surface area contributed by atoms with E-state index in [1.807, 2.05) is 0 Å². The molecular formula is C25H26Cl2F6N4O4. The SMILES string of the molecule is C[C@@H]1C[C@H](n2ncc(C(=O)N(CC(=O)c3c(Cl)cncc3Cl)CC(C)(C)C(F)(F)F)c2C(F)(F)F)CC[C@H]1C(=O)O. The average Bonchev–Trinajstić information content (AvgIpc) is 3.28. The fourth-order valence-electron chi connectivity index (χ4n) is 4.90. The Morgan fingerprint density at radius 1 is 1.05 bits per heavy atom. The van der Waals surface area contributed by atoms with Gasteiger partial charge >= 0.3 is 18.3 Å². The normalized spacial score (nSPS) is 20.1. The van der Waals surface area contributed by atoms with Crippen molar-refractivity contribution in [3.63, 3.8) is 0 Å². The molecule has 226 valence electrons. The number of aliphatic carboxylic acids is 1. The van der Waals surface area contributed by atoms with E-state index in [0.29, 0.717) is 15.8 Å². The van der Waals surface area contributed by atoms with Crippen LogP contribution in [0, 0.1) is 17.3 Å². The summed E-state index contributed by atoms with van der Waals surface area (Å²) in [6.45, 7) is 0.798. The van der Waals surface area contributed by atoms with Crippen molar-refractivity contribution >= 4 is 40.9 Å². The summed E-state index contributed by atoms with van der Waals surface area (Å²) in [6, 6.07) is -0.921. The number of carboxylic acid groups (broad SMARTS) is 1. The molecule has 16 heteroatoms. The van der Waals surface area contributed by atoms with Crippen molar-refractivity contribution in [1.82, 2.24) is 19.7 Å². The van der Waals surface area contributed by atoms with E-state index >= 15 is 0 Å². The first-order valence-corrected chi connectivity index (χ1v) is 13.1. The molecule has 1 aliphatic rings. The molecule has 3 rings (SSSR count). The zero-order valence-electron chi connectivity index (χ0n) is 22.0. The molecule has 8 nitrogen and oxygen atoms in total. The van der Waals surface area contributed by atoms with Crippen LogP contribution in [-0.4, -0.2) is 61.7 Å². The van der Waals surface area contributed by atoms with Crippen molar-refractivity contribution in [2.24, 2.45) is 17.3 Å². The predicted molar refractivity (Wildman–Crippen MR) is 135 cm³/mol. The second-order valence-corrected chi connectivity index (χ2v) is 11.5. The zero-order valence-corrected chi connectivity index (χ0v) is 23.5. The van der Waals surface area contributed by atoms with E-state index in [-0.39, 0.29) is 34.9 Å². The van der Waals surface area contributed by atoms with Crippen LogP contribution in [0.25, 0.3) is 0 Å². The minimum atomic E-state index is -5.17. The van der Waals surface area contributed by atoms with Crippen molar-refractivity contribution in [1.29, 1.82) is 0 Å². The summed E-state index contributed by atoms with van der Waals surface area (Å²) in [5, 5.41) is 12.6. The van der Waals surface area contributed by atoms with Crippen LogP contribution in [0.4, 0.5) is 26.3 Å². The van der Waals surface area contributed by atoms with Crippen molar-refractivity contribution in [2.45, 2.75) is 58.4 Å². The lowest BCUT2D eigenvalue weighted by Gasteiger charge is -2.34. The Bertz CT molecular complexity index is 1310. The molecule has 0 unspecified atom stereocenters. The molecule has 1 N–H and O–H groups in total. The van der Waals surface area contributed by atoms with Crippen LogP contribution in [0.1, 0.15) is 72.5 Å². The van der Waals surface area contributed by atoms with E-state index < -0.39 is 77.7 Å². The van der Waals surface area contributed by atoms with Crippen LogP contribution in [0.5, 0.6) is 0 Å². The van der Waals surface area contributed by atoms with Crippen molar-refractivity contribution in [3.8, 4) is 0 Å². The molecule has 0 radical (unpaired) electrons. The molecule has 0 aliphatic heterocycles. The fraction of sp³-hybridized carbons (Fsp3) is 0.560. The first-order chi connectivity index (χ1) is 18.8. The number of amides is 1. The number of alkyl halides is 6. The highest BCUT2D eigenvalue weighted by molar-refractivity contribution is 6.39. The third kappa shape index (κ3) is 6.96. The highest BCUT2D eigenvalue weighted by atomic mass is 35.5.